The molecule has 1 saturated carbocycles. The fourth-order valence-corrected chi connectivity index (χ4v) is 3.60. The predicted molar refractivity (Wildman–Crippen MR) is 63.6 cm³/mol. The molecule has 0 spiro atoms. The average Bonchev–Trinajstić information content (AvgIpc) is 2.14. The first-order valence-electron chi connectivity index (χ1n) is 6.19. The summed E-state index contributed by atoms with van der Waals surface area (Å²) in [4.78, 5) is 0. The Bertz CT molecular complexity index is 288. The van der Waals surface area contributed by atoms with Crippen molar-refractivity contribution in [1.29, 1.82) is 0 Å². The van der Waals surface area contributed by atoms with Gasteiger partial charge >= 0.3 is 0 Å². The molecular formula is C14H24O. The van der Waals surface area contributed by atoms with Crippen LogP contribution in [-0.2, 0) is 0 Å². The summed E-state index contributed by atoms with van der Waals surface area (Å²) in [7, 11) is 0. The first-order valence-corrected chi connectivity index (χ1v) is 6.19. The molecule has 0 heterocycles. The van der Waals surface area contributed by atoms with Crippen LogP contribution < -0.4 is 0 Å². The van der Waals surface area contributed by atoms with Crippen LogP contribution >= 0.6 is 0 Å². The van der Waals surface area contributed by atoms with Crippen molar-refractivity contribution in [3.63, 3.8) is 0 Å². The molecule has 0 amide bonds. The number of allylic oxidation sites excluding steroid dienone is 2. The normalized spacial score (nSPS) is 48.7. The number of rotatable bonds is 0. The third kappa shape index (κ3) is 1.32. The molecule has 2 aliphatic carbocycles. The van der Waals surface area contributed by atoms with E-state index in [4.69, 9.17) is 0 Å². The minimum Gasteiger partial charge on any atom is -0.389 e. The van der Waals surface area contributed by atoms with Crippen molar-refractivity contribution in [3.05, 3.63) is 12.2 Å². The fourth-order valence-electron chi connectivity index (χ4n) is 3.60. The molecule has 3 unspecified atom stereocenters. The van der Waals surface area contributed by atoms with Gasteiger partial charge in [-0.15, -0.1) is 0 Å². The predicted octanol–water partition coefficient (Wildman–Crippen LogP) is 3.53. The van der Waals surface area contributed by atoms with E-state index in [0.29, 0.717) is 5.92 Å². The second-order valence-corrected chi connectivity index (χ2v) is 6.52. The molecular weight excluding hydrogens is 184 g/mol. The van der Waals surface area contributed by atoms with Crippen molar-refractivity contribution < 1.29 is 5.11 Å². The molecule has 1 heteroatoms. The van der Waals surface area contributed by atoms with Gasteiger partial charge in [-0.3, -0.25) is 0 Å². The third-order valence-electron chi connectivity index (χ3n) is 5.58. The Morgan fingerprint density at radius 3 is 2.47 bits per heavy atom. The van der Waals surface area contributed by atoms with Gasteiger partial charge in [0.25, 0.3) is 0 Å². The molecule has 0 aromatic carbocycles. The number of hydrogen-bond donors (Lipinski definition) is 1. The number of fused-ring (bicyclic) bond motifs is 1. The second-order valence-electron chi connectivity index (χ2n) is 6.52. The summed E-state index contributed by atoms with van der Waals surface area (Å²) in [6.45, 7) is 8.76. The molecule has 86 valence electrons. The standard InChI is InChI=1S/C14H24O/c1-12(2)10-8-11-7-5-6-9-13(11,3)14(12,4)15/h5-6,11,15H,7-10H2,1-4H3. The number of hydrogen-bond acceptors (Lipinski definition) is 1. The Morgan fingerprint density at radius 1 is 1.13 bits per heavy atom. The van der Waals surface area contributed by atoms with E-state index in [9.17, 15) is 5.11 Å². The summed E-state index contributed by atoms with van der Waals surface area (Å²) in [5.41, 5.74) is -0.430. The van der Waals surface area contributed by atoms with E-state index in [-0.39, 0.29) is 10.8 Å². The topological polar surface area (TPSA) is 20.2 Å². The van der Waals surface area contributed by atoms with Crippen LogP contribution in [0.25, 0.3) is 0 Å². The molecule has 1 fully saturated rings. The molecule has 15 heavy (non-hydrogen) atoms. The van der Waals surface area contributed by atoms with E-state index in [1.165, 1.54) is 6.42 Å². The Hall–Kier alpha value is -0.300. The summed E-state index contributed by atoms with van der Waals surface area (Å²) in [6, 6.07) is 0. The van der Waals surface area contributed by atoms with Crippen molar-refractivity contribution in [1.82, 2.24) is 0 Å². The Labute approximate surface area is 93.6 Å². The van der Waals surface area contributed by atoms with Crippen molar-refractivity contribution in [2.45, 2.75) is 59.0 Å². The van der Waals surface area contributed by atoms with Crippen molar-refractivity contribution in [2.75, 3.05) is 0 Å². The smallest absolute Gasteiger partial charge is 0.0729 e. The van der Waals surface area contributed by atoms with Crippen LogP contribution in [0.3, 0.4) is 0 Å². The zero-order valence-corrected chi connectivity index (χ0v) is 10.5. The first kappa shape index (κ1) is 11.2. The number of aliphatic hydroxyl groups is 1. The van der Waals surface area contributed by atoms with Crippen LogP contribution in [0, 0.1) is 16.7 Å². The van der Waals surface area contributed by atoms with Gasteiger partial charge in [0.2, 0.25) is 0 Å². The van der Waals surface area contributed by atoms with E-state index in [0.717, 1.165) is 19.3 Å². The lowest BCUT2D eigenvalue weighted by atomic mass is 9.47. The van der Waals surface area contributed by atoms with E-state index in [1.54, 1.807) is 0 Å². The van der Waals surface area contributed by atoms with Gasteiger partial charge < -0.3 is 5.11 Å². The fraction of sp³-hybridized carbons (Fsp3) is 0.857. The lowest BCUT2D eigenvalue weighted by Gasteiger charge is -2.60. The quantitative estimate of drug-likeness (QED) is 0.604. The molecule has 2 aliphatic rings. The van der Waals surface area contributed by atoms with E-state index >= 15 is 0 Å². The zero-order chi connectivity index (χ0) is 11.3. The van der Waals surface area contributed by atoms with Gasteiger partial charge in [-0.05, 0) is 43.9 Å². The Kier molecular flexibility index (Phi) is 2.31. The highest BCUT2D eigenvalue weighted by molar-refractivity contribution is 5.14. The highest BCUT2D eigenvalue weighted by atomic mass is 16.3. The largest absolute Gasteiger partial charge is 0.389 e. The summed E-state index contributed by atoms with van der Waals surface area (Å²) in [5.74, 6) is 0.672. The van der Waals surface area contributed by atoms with Crippen LogP contribution in [-0.4, -0.2) is 10.7 Å². The van der Waals surface area contributed by atoms with Gasteiger partial charge in [-0.2, -0.15) is 0 Å². The molecule has 1 N–H and O–H groups in total. The van der Waals surface area contributed by atoms with Crippen LogP contribution in [0.2, 0.25) is 0 Å². The third-order valence-corrected chi connectivity index (χ3v) is 5.58. The maximum Gasteiger partial charge on any atom is 0.0729 e. The Morgan fingerprint density at radius 2 is 1.80 bits per heavy atom. The SMILES string of the molecule is CC1(C)CCC2CC=CCC2(C)C1(C)O. The minimum atomic E-state index is -0.548. The molecule has 3 atom stereocenters. The highest BCUT2D eigenvalue weighted by Gasteiger charge is 2.58. The molecule has 0 aromatic heterocycles. The van der Waals surface area contributed by atoms with Crippen molar-refractivity contribution >= 4 is 0 Å². The highest BCUT2D eigenvalue weighted by Crippen LogP contribution is 2.60. The summed E-state index contributed by atoms with van der Waals surface area (Å²) >= 11 is 0. The van der Waals surface area contributed by atoms with Crippen LogP contribution in [0.1, 0.15) is 53.4 Å². The van der Waals surface area contributed by atoms with Gasteiger partial charge in [-0.1, -0.05) is 32.9 Å². The summed E-state index contributed by atoms with van der Waals surface area (Å²) < 4.78 is 0. The van der Waals surface area contributed by atoms with Crippen LogP contribution in [0.15, 0.2) is 12.2 Å². The molecule has 0 saturated heterocycles. The minimum absolute atomic E-state index is 0.0451. The van der Waals surface area contributed by atoms with Gasteiger partial charge in [0.05, 0.1) is 5.60 Å². The second kappa shape index (κ2) is 3.10. The van der Waals surface area contributed by atoms with E-state index in [2.05, 4.69) is 39.8 Å². The average molecular weight is 208 g/mol. The lowest BCUT2D eigenvalue weighted by Crippen LogP contribution is -2.61. The van der Waals surface area contributed by atoms with Crippen molar-refractivity contribution in [3.8, 4) is 0 Å². The molecule has 0 radical (unpaired) electrons. The molecule has 0 bridgehead atoms. The van der Waals surface area contributed by atoms with Gasteiger partial charge in [0, 0.05) is 5.41 Å². The van der Waals surface area contributed by atoms with E-state index in [1.807, 2.05) is 0 Å². The molecule has 0 aromatic rings. The summed E-state index contributed by atoms with van der Waals surface area (Å²) in [6.07, 6.45) is 9.15. The monoisotopic (exact) mass is 208 g/mol. The molecule has 1 nitrogen and oxygen atoms in total. The Balaban J connectivity index is 2.42. The molecule has 2 rings (SSSR count). The first-order chi connectivity index (χ1) is 6.81. The zero-order valence-electron chi connectivity index (χ0n) is 10.5. The van der Waals surface area contributed by atoms with Gasteiger partial charge in [-0.25, -0.2) is 0 Å². The lowest BCUT2D eigenvalue weighted by molar-refractivity contribution is -0.196. The maximum atomic E-state index is 10.9. The van der Waals surface area contributed by atoms with Crippen LogP contribution in [0.5, 0.6) is 0 Å². The van der Waals surface area contributed by atoms with Gasteiger partial charge in [0.15, 0.2) is 0 Å². The van der Waals surface area contributed by atoms with Gasteiger partial charge in [0.1, 0.15) is 0 Å². The summed E-state index contributed by atoms with van der Waals surface area (Å²) in [5, 5.41) is 10.9. The van der Waals surface area contributed by atoms with Crippen LogP contribution in [0.4, 0.5) is 0 Å². The molecule has 0 aliphatic heterocycles. The van der Waals surface area contributed by atoms with E-state index < -0.39 is 5.60 Å². The maximum absolute atomic E-state index is 10.9. The van der Waals surface area contributed by atoms with Crippen molar-refractivity contribution in [2.24, 2.45) is 16.7 Å².